The van der Waals surface area contributed by atoms with Crippen molar-refractivity contribution < 1.29 is 9.47 Å². The van der Waals surface area contributed by atoms with E-state index < -0.39 is 0 Å². The summed E-state index contributed by atoms with van der Waals surface area (Å²) in [6.07, 6.45) is 3.82. The topological polar surface area (TPSA) is 60.3 Å². The molecule has 1 aromatic heterocycles. The molecule has 0 bridgehead atoms. The Morgan fingerprint density at radius 3 is 2.59 bits per heavy atom. The zero-order chi connectivity index (χ0) is 12.3. The molecule has 2 aromatic rings. The first-order chi connectivity index (χ1) is 8.30. The molecule has 0 saturated heterocycles. The predicted molar refractivity (Wildman–Crippen MR) is 67.2 cm³/mol. The van der Waals surface area contributed by atoms with Crippen LogP contribution in [-0.4, -0.2) is 19.2 Å². The number of rotatable bonds is 4. The van der Waals surface area contributed by atoms with E-state index in [0.717, 1.165) is 28.2 Å². The summed E-state index contributed by atoms with van der Waals surface area (Å²) < 4.78 is 10.5. The quantitative estimate of drug-likeness (QED) is 0.849. The third-order valence-electron chi connectivity index (χ3n) is 2.75. The first kappa shape index (κ1) is 11.5. The van der Waals surface area contributed by atoms with Gasteiger partial charge >= 0.3 is 0 Å². The second-order valence-electron chi connectivity index (χ2n) is 3.66. The van der Waals surface area contributed by atoms with Crippen molar-refractivity contribution in [1.29, 1.82) is 0 Å². The maximum absolute atomic E-state index is 5.69. The Labute approximate surface area is 100 Å². The molecular formula is C13H16N2O2. The summed E-state index contributed by atoms with van der Waals surface area (Å²) in [5, 5.41) is 0. The molecule has 0 amide bonds. The fourth-order valence-electron chi connectivity index (χ4n) is 1.84. The van der Waals surface area contributed by atoms with Crippen LogP contribution in [0.3, 0.4) is 0 Å². The second-order valence-corrected chi connectivity index (χ2v) is 3.66. The Hall–Kier alpha value is -1.94. The lowest BCUT2D eigenvalue weighted by Gasteiger charge is -2.10. The summed E-state index contributed by atoms with van der Waals surface area (Å²) in [7, 11) is 3.28. The third kappa shape index (κ3) is 2.12. The van der Waals surface area contributed by atoms with E-state index in [0.29, 0.717) is 6.54 Å². The fraction of sp³-hybridized carbons (Fsp3) is 0.231. The molecule has 0 aliphatic heterocycles. The average Bonchev–Trinajstić information content (AvgIpc) is 2.85. The lowest BCUT2D eigenvalue weighted by molar-refractivity contribution is 0.395. The fourth-order valence-corrected chi connectivity index (χ4v) is 1.84. The Bertz CT molecular complexity index is 506. The Balaban J connectivity index is 2.51. The molecule has 0 aliphatic carbocycles. The van der Waals surface area contributed by atoms with Gasteiger partial charge in [-0.2, -0.15) is 0 Å². The molecule has 0 aliphatic rings. The van der Waals surface area contributed by atoms with Crippen molar-refractivity contribution in [3.63, 3.8) is 0 Å². The monoisotopic (exact) mass is 232 g/mol. The number of nitrogens with one attached hydrogen (secondary N) is 1. The Kier molecular flexibility index (Phi) is 3.35. The highest BCUT2D eigenvalue weighted by molar-refractivity contribution is 5.74. The third-order valence-corrected chi connectivity index (χ3v) is 2.75. The number of H-pyrrole nitrogens is 1. The molecule has 2 rings (SSSR count). The number of nitrogens with two attached hydrogens (primary N) is 1. The van der Waals surface area contributed by atoms with Crippen molar-refractivity contribution in [3.8, 4) is 22.6 Å². The van der Waals surface area contributed by atoms with Crippen LogP contribution < -0.4 is 15.2 Å². The minimum absolute atomic E-state index is 0.494. The lowest BCUT2D eigenvalue weighted by atomic mass is 10.0. The number of hydrogen-bond donors (Lipinski definition) is 2. The number of ether oxygens (including phenoxy) is 2. The highest BCUT2D eigenvalue weighted by atomic mass is 16.5. The van der Waals surface area contributed by atoms with Gasteiger partial charge in [-0.05, 0) is 17.7 Å². The number of benzene rings is 1. The van der Waals surface area contributed by atoms with E-state index in [1.165, 1.54) is 0 Å². The van der Waals surface area contributed by atoms with Gasteiger partial charge in [0.2, 0.25) is 0 Å². The van der Waals surface area contributed by atoms with Crippen molar-refractivity contribution in [2.24, 2.45) is 5.73 Å². The molecule has 0 fully saturated rings. The summed E-state index contributed by atoms with van der Waals surface area (Å²) in [6, 6.07) is 5.74. The molecule has 4 heteroatoms. The van der Waals surface area contributed by atoms with Crippen LogP contribution in [0.5, 0.6) is 11.5 Å². The van der Waals surface area contributed by atoms with Crippen molar-refractivity contribution in [2.45, 2.75) is 6.54 Å². The highest BCUT2D eigenvalue weighted by Gasteiger charge is 2.11. The van der Waals surface area contributed by atoms with Crippen LogP contribution >= 0.6 is 0 Å². The van der Waals surface area contributed by atoms with Crippen LogP contribution in [0.1, 0.15) is 5.56 Å². The molecule has 0 radical (unpaired) electrons. The molecule has 1 aromatic carbocycles. The zero-order valence-electron chi connectivity index (χ0n) is 9.99. The predicted octanol–water partition coefficient (Wildman–Crippen LogP) is 2.16. The molecule has 0 saturated carbocycles. The van der Waals surface area contributed by atoms with Gasteiger partial charge in [-0.25, -0.2) is 0 Å². The van der Waals surface area contributed by atoms with Crippen molar-refractivity contribution in [3.05, 3.63) is 36.2 Å². The van der Waals surface area contributed by atoms with Gasteiger partial charge in [-0.1, -0.05) is 0 Å². The van der Waals surface area contributed by atoms with Crippen molar-refractivity contribution in [2.75, 3.05) is 14.2 Å². The van der Waals surface area contributed by atoms with Crippen LogP contribution in [0.2, 0.25) is 0 Å². The van der Waals surface area contributed by atoms with Gasteiger partial charge in [0.25, 0.3) is 0 Å². The van der Waals surface area contributed by atoms with Gasteiger partial charge in [0.05, 0.1) is 14.2 Å². The number of methoxy groups -OCH3 is 2. The Morgan fingerprint density at radius 2 is 1.94 bits per heavy atom. The zero-order valence-corrected chi connectivity index (χ0v) is 9.99. The van der Waals surface area contributed by atoms with E-state index in [1.54, 1.807) is 14.2 Å². The highest BCUT2D eigenvalue weighted by Crippen LogP contribution is 2.34. The first-order valence-electron chi connectivity index (χ1n) is 5.38. The summed E-state index contributed by atoms with van der Waals surface area (Å²) in [5.74, 6) is 1.55. The normalized spacial score (nSPS) is 10.3. The molecule has 4 nitrogen and oxygen atoms in total. The number of aromatic amines is 1. The van der Waals surface area contributed by atoms with Crippen molar-refractivity contribution in [1.82, 2.24) is 4.98 Å². The first-order valence-corrected chi connectivity index (χ1v) is 5.38. The van der Waals surface area contributed by atoms with E-state index in [2.05, 4.69) is 4.98 Å². The van der Waals surface area contributed by atoms with Gasteiger partial charge < -0.3 is 20.2 Å². The summed E-state index contributed by atoms with van der Waals surface area (Å²) in [5.41, 5.74) is 8.83. The standard InChI is InChI=1S/C13H16N2O2/c1-16-10-3-4-11(13(5-10)17-2)12-8-15-7-9(12)6-14/h3-5,7-8,15H,6,14H2,1-2H3. The van der Waals surface area contributed by atoms with Gasteiger partial charge in [-0.3, -0.25) is 0 Å². The molecule has 1 heterocycles. The van der Waals surface area contributed by atoms with Crippen LogP contribution in [0.25, 0.3) is 11.1 Å². The van der Waals surface area contributed by atoms with Crippen molar-refractivity contribution >= 4 is 0 Å². The molecule has 0 spiro atoms. The maximum Gasteiger partial charge on any atom is 0.130 e. The molecular weight excluding hydrogens is 216 g/mol. The van der Waals surface area contributed by atoms with Gasteiger partial charge in [0.1, 0.15) is 11.5 Å². The summed E-state index contributed by atoms with van der Waals surface area (Å²) in [6.45, 7) is 0.494. The molecule has 3 N–H and O–H groups in total. The lowest BCUT2D eigenvalue weighted by Crippen LogP contribution is -1.97. The largest absolute Gasteiger partial charge is 0.497 e. The molecule has 90 valence electrons. The minimum Gasteiger partial charge on any atom is -0.497 e. The minimum atomic E-state index is 0.494. The maximum atomic E-state index is 5.69. The molecule has 0 atom stereocenters. The van der Waals surface area contributed by atoms with Crippen LogP contribution in [0.15, 0.2) is 30.6 Å². The SMILES string of the molecule is COc1ccc(-c2c[nH]cc2CN)c(OC)c1. The molecule has 0 unspecified atom stereocenters. The number of aromatic nitrogens is 1. The van der Waals surface area contributed by atoms with E-state index >= 15 is 0 Å². The Morgan fingerprint density at radius 1 is 1.12 bits per heavy atom. The molecule has 17 heavy (non-hydrogen) atoms. The van der Waals surface area contributed by atoms with Crippen LogP contribution in [0.4, 0.5) is 0 Å². The average molecular weight is 232 g/mol. The van der Waals surface area contributed by atoms with Crippen LogP contribution in [0, 0.1) is 0 Å². The number of hydrogen-bond acceptors (Lipinski definition) is 3. The second kappa shape index (κ2) is 4.93. The van der Waals surface area contributed by atoms with E-state index in [4.69, 9.17) is 15.2 Å². The van der Waals surface area contributed by atoms with E-state index in [-0.39, 0.29) is 0 Å². The summed E-state index contributed by atoms with van der Waals surface area (Å²) >= 11 is 0. The van der Waals surface area contributed by atoms with E-state index in [1.807, 2.05) is 30.6 Å². The van der Waals surface area contributed by atoms with Gasteiger partial charge in [0, 0.05) is 36.1 Å². The smallest absolute Gasteiger partial charge is 0.130 e. The van der Waals surface area contributed by atoms with Gasteiger partial charge in [-0.15, -0.1) is 0 Å². The summed E-state index contributed by atoms with van der Waals surface area (Å²) in [4.78, 5) is 3.06. The van der Waals surface area contributed by atoms with Gasteiger partial charge in [0.15, 0.2) is 0 Å². The van der Waals surface area contributed by atoms with Crippen LogP contribution in [-0.2, 0) is 6.54 Å². The van der Waals surface area contributed by atoms with E-state index in [9.17, 15) is 0 Å².